The molecule has 7 aromatic carbocycles. The van der Waals surface area contributed by atoms with Crippen molar-refractivity contribution in [1.29, 1.82) is 0 Å². The van der Waals surface area contributed by atoms with E-state index in [-0.39, 0.29) is 5.41 Å². The maximum atomic E-state index is 4.72. The Bertz CT molecular complexity index is 2980. The summed E-state index contributed by atoms with van der Waals surface area (Å²) in [7, 11) is 0. The zero-order chi connectivity index (χ0) is 36.0. The minimum atomic E-state index is -0.209. The van der Waals surface area contributed by atoms with Gasteiger partial charge in [0.25, 0.3) is 0 Å². The average molecular weight is 694 g/mol. The molecule has 0 amide bonds. The number of rotatable bonds is 5. The zero-order valence-corrected chi connectivity index (χ0v) is 30.0. The summed E-state index contributed by atoms with van der Waals surface area (Å²) in [4.78, 5) is 0. The minimum Gasteiger partial charge on any atom is -0.309 e. The molecule has 0 radical (unpaired) electrons. The van der Waals surface area contributed by atoms with E-state index in [0.717, 1.165) is 34.2 Å². The van der Waals surface area contributed by atoms with E-state index in [1.165, 1.54) is 60.8 Å². The predicted molar refractivity (Wildman–Crippen MR) is 221 cm³/mol. The van der Waals surface area contributed by atoms with E-state index in [0.29, 0.717) is 0 Å². The summed E-state index contributed by atoms with van der Waals surface area (Å²) in [6.45, 7) is 4.78. The van der Waals surface area contributed by atoms with E-state index in [1.54, 1.807) is 0 Å². The summed E-state index contributed by atoms with van der Waals surface area (Å²) in [5.74, 6) is 1.61. The number of hydrogen-bond acceptors (Lipinski definition) is 2. The first-order chi connectivity index (χ1) is 26.6. The van der Waals surface area contributed by atoms with Crippen molar-refractivity contribution in [3.8, 4) is 51.1 Å². The molecule has 10 aromatic rings. The summed E-state index contributed by atoms with van der Waals surface area (Å²) in [6, 6.07) is 62.8. The van der Waals surface area contributed by atoms with Crippen LogP contribution in [0.25, 0.3) is 83.8 Å². The van der Waals surface area contributed by atoms with E-state index in [2.05, 4.69) is 167 Å². The smallest absolute Gasteiger partial charge is 0.168 e. The highest BCUT2D eigenvalue weighted by molar-refractivity contribution is 6.21. The molecule has 0 atom stereocenters. The van der Waals surface area contributed by atoms with Gasteiger partial charge in [0.2, 0.25) is 0 Å². The fourth-order valence-corrected chi connectivity index (χ4v) is 9.00. The topological polar surface area (TPSA) is 40.6 Å². The lowest BCUT2D eigenvalue weighted by Crippen LogP contribution is -2.15. The molecular formula is C49H35N5. The molecule has 0 N–H and O–H groups in total. The first kappa shape index (κ1) is 30.6. The molecule has 11 rings (SSSR count). The van der Waals surface area contributed by atoms with Gasteiger partial charge in [0.15, 0.2) is 11.6 Å². The third-order valence-electron chi connectivity index (χ3n) is 11.4. The van der Waals surface area contributed by atoms with Crippen molar-refractivity contribution in [1.82, 2.24) is 23.9 Å². The van der Waals surface area contributed by atoms with Crippen molar-refractivity contribution < 1.29 is 0 Å². The maximum absolute atomic E-state index is 4.72. The summed E-state index contributed by atoms with van der Waals surface area (Å²) in [6.07, 6.45) is 0. The van der Waals surface area contributed by atoms with Gasteiger partial charge in [0, 0.05) is 55.3 Å². The van der Waals surface area contributed by atoms with Gasteiger partial charge in [-0.05, 0) is 59.7 Å². The predicted octanol–water partition coefficient (Wildman–Crippen LogP) is 11.9. The Balaban J connectivity index is 1.20. The van der Waals surface area contributed by atoms with Crippen LogP contribution in [0.3, 0.4) is 0 Å². The van der Waals surface area contributed by atoms with Crippen LogP contribution >= 0.6 is 0 Å². The van der Waals surface area contributed by atoms with Gasteiger partial charge in [-0.2, -0.15) is 0 Å². The van der Waals surface area contributed by atoms with Gasteiger partial charge < -0.3 is 9.13 Å². The van der Waals surface area contributed by atoms with Gasteiger partial charge in [-0.1, -0.05) is 141 Å². The van der Waals surface area contributed by atoms with Crippen LogP contribution in [-0.2, 0) is 5.41 Å². The SMILES string of the molecule is CC1(C)c2ccccc2-c2c1c1c(ccc3c4ccccc4n(-c4ccc(-n5c(-c6ccccc6)nnc5-c5ccccc5)cc4)c31)n2-c1ccccc1. The molecule has 3 aromatic heterocycles. The van der Waals surface area contributed by atoms with Crippen LogP contribution < -0.4 is 0 Å². The van der Waals surface area contributed by atoms with E-state index in [4.69, 9.17) is 10.2 Å². The number of para-hydroxylation sites is 2. The summed E-state index contributed by atoms with van der Waals surface area (Å²) < 4.78 is 7.14. The molecule has 1 aliphatic rings. The van der Waals surface area contributed by atoms with Crippen LogP contribution in [0.5, 0.6) is 0 Å². The van der Waals surface area contributed by atoms with Crippen molar-refractivity contribution in [2.75, 3.05) is 0 Å². The molecule has 5 heteroatoms. The molecule has 54 heavy (non-hydrogen) atoms. The van der Waals surface area contributed by atoms with Crippen LogP contribution in [0.15, 0.2) is 176 Å². The number of hydrogen-bond donors (Lipinski definition) is 0. The van der Waals surface area contributed by atoms with E-state index in [1.807, 2.05) is 36.4 Å². The molecule has 0 bridgehead atoms. The Morgan fingerprint density at radius 3 is 1.63 bits per heavy atom. The Labute approximate surface area is 313 Å². The van der Waals surface area contributed by atoms with Gasteiger partial charge in [0.05, 0.1) is 22.2 Å². The lowest BCUT2D eigenvalue weighted by atomic mass is 9.81. The first-order valence-corrected chi connectivity index (χ1v) is 18.5. The third-order valence-corrected chi connectivity index (χ3v) is 11.4. The highest BCUT2D eigenvalue weighted by Gasteiger charge is 2.41. The molecule has 0 aliphatic heterocycles. The fourth-order valence-electron chi connectivity index (χ4n) is 9.00. The number of fused-ring (bicyclic) bond motifs is 9. The summed E-state index contributed by atoms with van der Waals surface area (Å²) in [5.41, 5.74) is 14.0. The number of aromatic nitrogens is 5. The Morgan fingerprint density at radius 2 is 0.963 bits per heavy atom. The Morgan fingerprint density at radius 1 is 0.426 bits per heavy atom. The molecular weight excluding hydrogens is 659 g/mol. The van der Waals surface area contributed by atoms with E-state index < -0.39 is 0 Å². The summed E-state index contributed by atoms with van der Waals surface area (Å²) >= 11 is 0. The Hall–Kier alpha value is -6.98. The summed E-state index contributed by atoms with van der Waals surface area (Å²) in [5, 5.41) is 13.2. The molecule has 0 saturated carbocycles. The van der Waals surface area contributed by atoms with Crippen molar-refractivity contribution in [3.63, 3.8) is 0 Å². The largest absolute Gasteiger partial charge is 0.309 e. The lowest BCUT2D eigenvalue weighted by molar-refractivity contribution is 0.666. The second kappa shape index (κ2) is 11.5. The van der Waals surface area contributed by atoms with Gasteiger partial charge in [0.1, 0.15) is 0 Å². The minimum absolute atomic E-state index is 0.209. The number of benzene rings is 7. The second-order valence-electron chi connectivity index (χ2n) is 14.7. The maximum Gasteiger partial charge on any atom is 0.168 e. The monoisotopic (exact) mass is 693 g/mol. The van der Waals surface area contributed by atoms with Crippen LogP contribution in [-0.4, -0.2) is 23.9 Å². The van der Waals surface area contributed by atoms with Gasteiger partial charge in [-0.15, -0.1) is 10.2 Å². The van der Waals surface area contributed by atoms with Crippen LogP contribution in [0, 0.1) is 0 Å². The van der Waals surface area contributed by atoms with Crippen molar-refractivity contribution in [2.45, 2.75) is 19.3 Å². The second-order valence-corrected chi connectivity index (χ2v) is 14.7. The molecule has 0 unspecified atom stereocenters. The number of nitrogens with zero attached hydrogens (tertiary/aromatic N) is 5. The lowest BCUT2D eigenvalue weighted by Gasteiger charge is -2.22. The van der Waals surface area contributed by atoms with Crippen LogP contribution in [0.4, 0.5) is 0 Å². The standard InChI is InChI=1S/C49H35N5/c1-49(2)40-24-14-12-23-39(40)46-44(49)43-42(53(46)34-20-10-5-11-21-34)31-30-38-37-22-13-15-25-41(37)52(45(38)43)35-26-28-36(29-27-35)54-47(32-16-6-3-7-17-32)50-51-48(54)33-18-8-4-9-19-33/h3-31H,1-2H3. The molecule has 0 spiro atoms. The van der Waals surface area contributed by atoms with Crippen LogP contribution in [0.1, 0.15) is 25.0 Å². The van der Waals surface area contributed by atoms with Crippen molar-refractivity contribution in [3.05, 3.63) is 187 Å². The zero-order valence-electron chi connectivity index (χ0n) is 30.0. The normalized spacial score (nSPS) is 13.1. The molecule has 256 valence electrons. The highest BCUT2D eigenvalue weighted by Crippen LogP contribution is 2.55. The molecule has 0 fully saturated rings. The quantitative estimate of drug-likeness (QED) is 0.180. The van der Waals surface area contributed by atoms with Gasteiger partial charge in [-0.25, -0.2) is 0 Å². The highest BCUT2D eigenvalue weighted by atomic mass is 15.3. The van der Waals surface area contributed by atoms with Crippen molar-refractivity contribution >= 4 is 32.7 Å². The Kier molecular flexibility index (Phi) is 6.53. The molecule has 5 nitrogen and oxygen atoms in total. The van der Waals surface area contributed by atoms with E-state index >= 15 is 0 Å². The fraction of sp³-hybridized carbons (Fsp3) is 0.0612. The van der Waals surface area contributed by atoms with E-state index in [9.17, 15) is 0 Å². The van der Waals surface area contributed by atoms with Gasteiger partial charge >= 0.3 is 0 Å². The molecule has 0 saturated heterocycles. The molecule has 1 aliphatic carbocycles. The van der Waals surface area contributed by atoms with Gasteiger partial charge in [-0.3, -0.25) is 4.57 Å². The third kappa shape index (κ3) is 4.26. The average Bonchev–Trinajstić information content (AvgIpc) is 3.97. The van der Waals surface area contributed by atoms with Crippen molar-refractivity contribution in [2.24, 2.45) is 0 Å². The first-order valence-electron chi connectivity index (χ1n) is 18.5. The molecule has 3 heterocycles. The van der Waals surface area contributed by atoms with Crippen LogP contribution in [0.2, 0.25) is 0 Å².